The largest absolute Gasteiger partial charge is 0.477 e. The molecule has 5 heteroatoms. The molecule has 1 N–H and O–H groups in total. The first-order valence-corrected chi connectivity index (χ1v) is 6.97. The summed E-state index contributed by atoms with van der Waals surface area (Å²) < 4.78 is 13.7. The van der Waals surface area contributed by atoms with Crippen molar-refractivity contribution in [3.8, 4) is 11.1 Å². The van der Waals surface area contributed by atoms with Crippen molar-refractivity contribution in [1.29, 1.82) is 0 Å². The van der Waals surface area contributed by atoms with Gasteiger partial charge in [-0.05, 0) is 35.4 Å². The maximum atomic E-state index is 13.0. The van der Waals surface area contributed by atoms with Gasteiger partial charge in [0.05, 0.1) is 9.72 Å². The molecule has 1 heterocycles. The van der Waals surface area contributed by atoms with Crippen molar-refractivity contribution >= 4 is 39.0 Å². The van der Waals surface area contributed by atoms with E-state index in [0.29, 0.717) is 5.02 Å². The molecule has 0 spiro atoms. The van der Waals surface area contributed by atoms with Crippen LogP contribution in [0.2, 0.25) is 5.02 Å². The monoisotopic (exact) mass is 306 g/mol. The molecular formula is C15H8ClFO2S. The van der Waals surface area contributed by atoms with E-state index in [1.165, 1.54) is 12.1 Å². The molecule has 0 radical (unpaired) electrons. The number of halogens is 2. The molecule has 0 unspecified atom stereocenters. The van der Waals surface area contributed by atoms with Crippen LogP contribution in [0.4, 0.5) is 4.39 Å². The zero-order valence-corrected chi connectivity index (χ0v) is 11.6. The van der Waals surface area contributed by atoms with Crippen LogP contribution in [0, 0.1) is 5.82 Å². The quantitative estimate of drug-likeness (QED) is 0.718. The third-order valence-corrected chi connectivity index (χ3v) is 4.58. The molecule has 0 fully saturated rings. The third kappa shape index (κ3) is 2.17. The zero-order valence-electron chi connectivity index (χ0n) is 10.1. The number of hydrogen-bond acceptors (Lipinski definition) is 2. The average molecular weight is 307 g/mol. The van der Waals surface area contributed by atoms with Crippen LogP contribution in [-0.4, -0.2) is 11.1 Å². The normalized spacial score (nSPS) is 10.9. The standard InChI is InChI=1S/C15H8ClFO2S/c16-12-6-5-10(8-1-3-9(17)4-2-8)11-7-13(15(18)19)20-14(11)12/h1-7H,(H,18,19). The SMILES string of the molecule is O=C(O)c1cc2c(-c3ccc(F)cc3)ccc(Cl)c2s1. The second-order valence-electron chi connectivity index (χ2n) is 4.26. The minimum Gasteiger partial charge on any atom is -0.477 e. The van der Waals surface area contributed by atoms with E-state index in [-0.39, 0.29) is 10.7 Å². The van der Waals surface area contributed by atoms with Gasteiger partial charge in [-0.25, -0.2) is 9.18 Å². The second-order valence-corrected chi connectivity index (χ2v) is 5.72. The lowest BCUT2D eigenvalue weighted by Crippen LogP contribution is -1.89. The molecule has 20 heavy (non-hydrogen) atoms. The Labute approximate surface area is 123 Å². The van der Waals surface area contributed by atoms with E-state index in [9.17, 15) is 9.18 Å². The van der Waals surface area contributed by atoms with Gasteiger partial charge in [0.15, 0.2) is 0 Å². The molecular weight excluding hydrogens is 299 g/mol. The number of hydrogen-bond donors (Lipinski definition) is 1. The fraction of sp³-hybridized carbons (Fsp3) is 0. The van der Waals surface area contributed by atoms with Gasteiger partial charge in [-0.2, -0.15) is 0 Å². The maximum Gasteiger partial charge on any atom is 0.345 e. The number of fused-ring (bicyclic) bond motifs is 1. The van der Waals surface area contributed by atoms with Gasteiger partial charge in [0.25, 0.3) is 0 Å². The van der Waals surface area contributed by atoms with Crippen LogP contribution in [0.15, 0.2) is 42.5 Å². The summed E-state index contributed by atoms with van der Waals surface area (Å²) in [4.78, 5) is 11.3. The molecule has 0 aliphatic carbocycles. The lowest BCUT2D eigenvalue weighted by Gasteiger charge is -2.04. The molecule has 100 valence electrons. The minimum atomic E-state index is -0.979. The van der Waals surface area contributed by atoms with Gasteiger partial charge in [0.1, 0.15) is 10.7 Å². The molecule has 0 amide bonds. The maximum absolute atomic E-state index is 13.0. The molecule has 1 aromatic heterocycles. The van der Waals surface area contributed by atoms with E-state index in [1.807, 2.05) is 6.07 Å². The van der Waals surface area contributed by atoms with Crippen molar-refractivity contribution in [3.05, 3.63) is 58.2 Å². The first-order chi connectivity index (χ1) is 9.56. The molecule has 0 aliphatic rings. The molecule has 0 aliphatic heterocycles. The molecule has 0 bridgehead atoms. The topological polar surface area (TPSA) is 37.3 Å². The Kier molecular flexibility index (Phi) is 3.20. The molecule has 3 rings (SSSR count). The first-order valence-electron chi connectivity index (χ1n) is 5.77. The third-order valence-electron chi connectivity index (χ3n) is 3.00. The van der Waals surface area contributed by atoms with Crippen molar-refractivity contribution in [1.82, 2.24) is 0 Å². The number of carboxylic acid groups (broad SMARTS) is 1. The van der Waals surface area contributed by atoms with Crippen LogP contribution in [-0.2, 0) is 0 Å². The second kappa shape index (κ2) is 4.89. The summed E-state index contributed by atoms with van der Waals surface area (Å²) in [7, 11) is 0. The number of thiophene rings is 1. The summed E-state index contributed by atoms with van der Waals surface area (Å²) in [6.07, 6.45) is 0. The molecule has 0 atom stereocenters. The van der Waals surface area contributed by atoms with Gasteiger partial charge in [-0.1, -0.05) is 29.8 Å². The summed E-state index contributed by atoms with van der Waals surface area (Å²) in [5, 5.41) is 10.4. The average Bonchev–Trinajstić information content (AvgIpc) is 2.87. The summed E-state index contributed by atoms with van der Waals surface area (Å²) >= 11 is 7.26. The van der Waals surface area contributed by atoms with Crippen molar-refractivity contribution in [2.24, 2.45) is 0 Å². The van der Waals surface area contributed by atoms with Crippen LogP contribution in [0.1, 0.15) is 9.67 Å². The van der Waals surface area contributed by atoms with Crippen molar-refractivity contribution in [3.63, 3.8) is 0 Å². The van der Waals surface area contributed by atoms with Crippen LogP contribution >= 0.6 is 22.9 Å². The Hall–Kier alpha value is -1.91. The summed E-state index contributed by atoms with van der Waals surface area (Å²) in [6.45, 7) is 0. The number of rotatable bonds is 2. The minimum absolute atomic E-state index is 0.233. The van der Waals surface area contributed by atoms with E-state index >= 15 is 0 Å². The van der Waals surface area contributed by atoms with Gasteiger partial charge in [0.2, 0.25) is 0 Å². The Morgan fingerprint density at radius 3 is 2.50 bits per heavy atom. The Morgan fingerprint density at radius 2 is 1.85 bits per heavy atom. The number of benzene rings is 2. The highest BCUT2D eigenvalue weighted by molar-refractivity contribution is 7.21. The number of aromatic carboxylic acids is 1. The van der Waals surface area contributed by atoms with E-state index in [0.717, 1.165) is 32.5 Å². The molecule has 0 saturated heterocycles. The van der Waals surface area contributed by atoms with E-state index < -0.39 is 5.97 Å². The number of carboxylic acids is 1. The predicted molar refractivity (Wildman–Crippen MR) is 79.2 cm³/mol. The van der Waals surface area contributed by atoms with Crippen molar-refractivity contribution in [2.75, 3.05) is 0 Å². The highest BCUT2D eigenvalue weighted by atomic mass is 35.5. The smallest absolute Gasteiger partial charge is 0.345 e. The lowest BCUT2D eigenvalue weighted by molar-refractivity contribution is 0.0702. The van der Waals surface area contributed by atoms with Gasteiger partial charge in [-0.15, -0.1) is 11.3 Å². The number of carbonyl (C=O) groups is 1. The Bertz CT molecular complexity index is 809. The predicted octanol–water partition coefficient (Wildman–Crippen LogP) is 5.06. The van der Waals surface area contributed by atoms with Gasteiger partial charge < -0.3 is 5.11 Å². The van der Waals surface area contributed by atoms with Gasteiger partial charge in [0, 0.05) is 5.39 Å². The van der Waals surface area contributed by atoms with Crippen LogP contribution < -0.4 is 0 Å². The van der Waals surface area contributed by atoms with Crippen molar-refractivity contribution < 1.29 is 14.3 Å². The molecule has 2 nitrogen and oxygen atoms in total. The van der Waals surface area contributed by atoms with E-state index in [2.05, 4.69) is 0 Å². The highest BCUT2D eigenvalue weighted by Crippen LogP contribution is 2.38. The summed E-state index contributed by atoms with van der Waals surface area (Å²) in [5.41, 5.74) is 1.66. The van der Waals surface area contributed by atoms with Gasteiger partial charge >= 0.3 is 5.97 Å². The van der Waals surface area contributed by atoms with Crippen LogP contribution in [0.25, 0.3) is 21.2 Å². The van der Waals surface area contributed by atoms with E-state index in [4.69, 9.17) is 16.7 Å². The summed E-state index contributed by atoms with van der Waals surface area (Å²) in [6, 6.07) is 11.2. The first kappa shape index (κ1) is 13.1. The fourth-order valence-corrected chi connectivity index (χ4v) is 3.29. The van der Waals surface area contributed by atoms with Crippen molar-refractivity contribution in [2.45, 2.75) is 0 Å². The lowest BCUT2D eigenvalue weighted by atomic mass is 10.0. The van der Waals surface area contributed by atoms with Crippen LogP contribution in [0.3, 0.4) is 0 Å². The zero-order chi connectivity index (χ0) is 14.3. The van der Waals surface area contributed by atoms with Gasteiger partial charge in [-0.3, -0.25) is 0 Å². The Morgan fingerprint density at radius 1 is 1.15 bits per heavy atom. The molecule has 0 saturated carbocycles. The summed E-state index contributed by atoms with van der Waals surface area (Å²) in [5.74, 6) is -1.29. The molecule has 2 aromatic carbocycles. The van der Waals surface area contributed by atoms with E-state index in [1.54, 1.807) is 24.3 Å². The highest BCUT2D eigenvalue weighted by Gasteiger charge is 2.14. The van der Waals surface area contributed by atoms with Crippen LogP contribution in [0.5, 0.6) is 0 Å². The Balaban J connectivity index is 2.28. The molecule has 3 aromatic rings. The fourth-order valence-electron chi connectivity index (χ4n) is 2.08.